The van der Waals surface area contributed by atoms with E-state index in [1.807, 2.05) is 47.4 Å². The number of rotatable bonds is 5. The molecule has 27 heavy (non-hydrogen) atoms. The van der Waals surface area contributed by atoms with Crippen LogP contribution >= 0.6 is 0 Å². The first-order chi connectivity index (χ1) is 13.3. The lowest BCUT2D eigenvalue weighted by molar-refractivity contribution is 0.0645. The molecule has 0 saturated heterocycles. The van der Waals surface area contributed by atoms with Crippen LogP contribution in [0.4, 0.5) is 0 Å². The molecule has 1 atom stereocenters. The highest BCUT2D eigenvalue weighted by Crippen LogP contribution is 2.37. The average Bonchev–Trinajstić information content (AvgIpc) is 3.18. The van der Waals surface area contributed by atoms with Crippen molar-refractivity contribution >= 4 is 12.1 Å². The van der Waals surface area contributed by atoms with E-state index < -0.39 is 0 Å². The smallest absolute Gasteiger partial charge is 0.254 e. The molecule has 3 aliphatic rings. The number of carbonyl (C=O) groups excluding carboxylic acids is 1. The summed E-state index contributed by atoms with van der Waals surface area (Å²) in [5.74, 6) is 0.187. The number of nitrogens with zero attached hydrogens (tertiary/aromatic N) is 4. The monoisotopic (exact) mass is 360 g/mol. The molecule has 1 aromatic carbocycles. The minimum atomic E-state index is 0.187. The molecule has 2 aromatic rings. The number of aliphatic imine (C=N–C) groups is 1. The average molecular weight is 360 g/mol. The van der Waals surface area contributed by atoms with Gasteiger partial charge in [0, 0.05) is 36.3 Å². The summed E-state index contributed by atoms with van der Waals surface area (Å²) in [5, 5.41) is 4.24. The van der Waals surface area contributed by atoms with E-state index in [0.717, 1.165) is 56.3 Å². The summed E-state index contributed by atoms with van der Waals surface area (Å²) < 4.78 is 1.89. The first-order valence-corrected chi connectivity index (χ1v) is 9.88. The molecule has 1 amide bonds. The fourth-order valence-corrected chi connectivity index (χ4v) is 4.30. The van der Waals surface area contributed by atoms with Gasteiger partial charge in [-0.15, -0.1) is 0 Å². The summed E-state index contributed by atoms with van der Waals surface area (Å²) in [5.41, 5.74) is 4.81. The Morgan fingerprint density at radius 1 is 1.15 bits per heavy atom. The third kappa shape index (κ3) is 3.34. The first-order valence-electron chi connectivity index (χ1n) is 9.88. The standard InChI is InChI=1S/C22H24N4O/c27-22(17-4-2-16(3-5-17)15-25-11-1-10-24-25)26(20-8-9-20)21-7-6-18-13-23-14-19(18)12-21/h1-5,10-11,14,20-21H,6-9,12-13,15H2. The van der Waals surface area contributed by atoms with Crippen molar-refractivity contribution in [2.75, 3.05) is 6.54 Å². The third-order valence-electron chi connectivity index (χ3n) is 5.89. The highest BCUT2D eigenvalue weighted by molar-refractivity contribution is 5.95. The Balaban J connectivity index is 1.32. The van der Waals surface area contributed by atoms with Crippen molar-refractivity contribution in [2.24, 2.45) is 4.99 Å². The maximum Gasteiger partial charge on any atom is 0.254 e. The first kappa shape index (κ1) is 16.5. The predicted octanol–water partition coefficient (Wildman–Crippen LogP) is 3.47. The fourth-order valence-electron chi connectivity index (χ4n) is 4.30. The predicted molar refractivity (Wildman–Crippen MR) is 105 cm³/mol. The zero-order valence-electron chi connectivity index (χ0n) is 15.4. The Labute approximate surface area is 159 Å². The van der Waals surface area contributed by atoms with Crippen molar-refractivity contribution < 1.29 is 4.79 Å². The van der Waals surface area contributed by atoms with E-state index in [4.69, 9.17) is 0 Å². The van der Waals surface area contributed by atoms with Crippen LogP contribution < -0.4 is 0 Å². The van der Waals surface area contributed by atoms with Crippen molar-refractivity contribution in [3.63, 3.8) is 0 Å². The number of aromatic nitrogens is 2. The molecule has 1 fully saturated rings. The van der Waals surface area contributed by atoms with E-state index in [1.165, 1.54) is 11.1 Å². The Morgan fingerprint density at radius 3 is 2.74 bits per heavy atom. The van der Waals surface area contributed by atoms with Crippen molar-refractivity contribution in [2.45, 2.75) is 50.7 Å². The number of hydrogen-bond acceptors (Lipinski definition) is 3. The molecule has 1 aliphatic heterocycles. The van der Waals surface area contributed by atoms with Gasteiger partial charge >= 0.3 is 0 Å². The molecule has 0 radical (unpaired) electrons. The minimum Gasteiger partial charge on any atom is -0.332 e. The van der Waals surface area contributed by atoms with Gasteiger partial charge in [-0.25, -0.2) is 0 Å². The number of amides is 1. The van der Waals surface area contributed by atoms with E-state index in [-0.39, 0.29) is 5.91 Å². The van der Waals surface area contributed by atoms with Crippen LogP contribution in [0.2, 0.25) is 0 Å². The molecule has 0 spiro atoms. The third-order valence-corrected chi connectivity index (χ3v) is 5.89. The molecule has 5 heteroatoms. The summed E-state index contributed by atoms with van der Waals surface area (Å²) >= 11 is 0. The number of carbonyl (C=O) groups is 1. The molecule has 5 nitrogen and oxygen atoms in total. The van der Waals surface area contributed by atoms with Crippen LogP contribution in [0.1, 0.15) is 48.0 Å². The normalized spacial score (nSPS) is 21.4. The van der Waals surface area contributed by atoms with Gasteiger partial charge < -0.3 is 4.90 Å². The molecule has 0 N–H and O–H groups in total. The van der Waals surface area contributed by atoms with Crippen LogP contribution in [0.5, 0.6) is 0 Å². The lowest BCUT2D eigenvalue weighted by Crippen LogP contribution is -2.43. The maximum atomic E-state index is 13.3. The van der Waals surface area contributed by atoms with Crippen molar-refractivity contribution in [1.82, 2.24) is 14.7 Å². The maximum absolute atomic E-state index is 13.3. The zero-order valence-corrected chi connectivity index (χ0v) is 15.4. The lowest BCUT2D eigenvalue weighted by atomic mass is 9.88. The molecule has 2 aliphatic carbocycles. The van der Waals surface area contributed by atoms with Gasteiger partial charge in [0.15, 0.2) is 0 Å². The second-order valence-electron chi connectivity index (χ2n) is 7.84. The Bertz CT molecular complexity index is 891. The lowest BCUT2D eigenvalue weighted by Gasteiger charge is -2.35. The molecule has 1 unspecified atom stereocenters. The summed E-state index contributed by atoms with van der Waals surface area (Å²) in [4.78, 5) is 19.9. The van der Waals surface area contributed by atoms with Crippen LogP contribution in [0.3, 0.4) is 0 Å². The summed E-state index contributed by atoms with van der Waals surface area (Å²) in [6, 6.07) is 10.7. The van der Waals surface area contributed by atoms with Crippen LogP contribution in [0.15, 0.2) is 58.9 Å². The second kappa shape index (κ2) is 6.80. The van der Waals surface area contributed by atoms with E-state index >= 15 is 0 Å². The van der Waals surface area contributed by atoms with Gasteiger partial charge in [-0.2, -0.15) is 5.10 Å². The molecule has 1 aromatic heterocycles. The highest BCUT2D eigenvalue weighted by atomic mass is 16.2. The van der Waals surface area contributed by atoms with Crippen molar-refractivity contribution in [3.05, 3.63) is 65.0 Å². The highest BCUT2D eigenvalue weighted by Gasteiger charge is 2.39. The minimum absolute atomic E-state index is 0.187. The van der Waals surface area contributed by atoms with Gasteiger partial charge in [0.05, 0.1) is 13.1 Å². The molecule has 0 bridgehead atoms. The van der Waals surface area contributed by atoms with E-state index in [2.05, 4.69) is 15.0 Å². The SMILES string of the molecule is O=C(c1ccc(Cn2cccn2)cc1)N(C1CC1)C1CCC2=C(C=NC2)C1. The number of hydrogen-bond donors (Lipinski definition) is 0. The van der Waals surface area contributed by atoms with Crippen molar-refractivity contribution in [1.29, 1.82) is 0 Å². The van der Waals surface area contributed by atoms with E-state index in [0.29, 0.717) is 12.1 Å². The summed E-state index contributed by atoms with van der Waals surface area (Å²) in [6.07, 6.45) is 11.2. The summed E-state index contributed by atoms with van der Waals surface area (Å²) in [7, 11) is 0. The number of benzene rings is 1. The Hall–Kier alpha value is -2.69. The molecule has 138 valence electrons. The van der Waals surface area contributed by atoms with Crippen LogP contribution in [-0.4, -0.2) is 45.4 Å². The van der Waals surface area contributed by atoms with Crippen LogP contribution in [0, 0.1) is 0 Å². The van der Waals surface area contributed by atoms with Gasteiger partial charge in [0.25, 0.3) is 5.91 Å². The zero-order chi connectivity index (χ0) is 18.2. The molecule has 2 heterocycles. The summed E-state index contributed by atoms with van der Waals surface area (Å²) in [6.45, 7) is 1.60. The van der Waals surface area contributed by atoms with Crippen molar-refractivity contribution in [3.8, 4) is 0 Å². The molecular formula is C22H24N4O. The second-order valence-corrected chi connectivity index (χ2v) is 7.84. The molecule has 1 saturated carbocycles. The van der Waals surface area contributed by atoms with Gasteiger partial charge in [-0.1, -0.05) is 12.1 Å². The van der Waals surface area contributed by atoms with Gasteiger partial charge in [0.2, 0.25) is 0 Å². The molecule has 5 rings (SSSR count). The van der Waals surface area contributed by atoms with Gasteiger partial charge in [-0.05, 0) is 67.0 Å². The van der Waals surface area contributed by atoms with E-state index in [1.54, 1.807) is 6.20 Å². The largest absolute Gasteiger partial charge is 0.332 e. The topological polar surface area (TPSA) is 50.5 Å². The molecular weight excluding hydrogens is 336 g/mol. The van der Waals surface area contributed by atoms with Crippen LogP contribution in [-0.2, 0) is 6.54 Å². The fraction of sp³-hybridized carbons (Fsp3) is 0.409. The Kier molecular flexibility index (Phi) is 4.15. The van der Waals surface area contributed by atoms with Gasteiger partial charge in [0.1, 0.15) is 0 Å². The quantitative estimate of drug-likeness (QED) is 0.820. The van der Waals surface area contributed by atoms with E-state index in [9.17, 15) is 4.79 Å². The van der Waals surface area contributed by atoms with Crippen LogP contribution in [0.25, 0.3) is 0 Å². The van der Waals surface area contributed by atoms with Gasteiger partial charge in [-0.3, -0.25) is 14.5 Å². The Morgan fingerprint density at radius 2 is 2.00 bits per heavy atom.